The molecule has 0 heterocycles. The number of hydrogen-bond acceptors (Lipinski definition) is 2. The summed E-state index contributed by atoms with van der Waals surface area (Å²) in [7, 11) is 0. The largest absolute Gasteiger partial charge is 0.489 e. The van der Waals surface area contributed by atoms with E-state index in [2.05, 4.69) is 76.3 Å². The molecular weight excluding hydrogens is 282 g/mol. The van der Waals surface area contributed by atoms with Crippen LogP contribution in [0.25, 0.3) is 0 Å². The molecule has 2 atom stereocenters. The highest BCUT2D eigenvalue weighted by atomic mass is 16.5. The Morgan fingerprint density at radius 2 is 1.65 bits per heavy atom. The number of para-hydroxylation sites is 1. The summed E-state index contributed by atoms with van der Waals surface area (Å²) < 4.78 is 6.19. The van der Waals surface area contributed by atoms with Crippen LogP contribution >= 0.6 is 0 Å². The number of benzene rings is 2. The number of aryl methyl sites for hydroxylation is 2. The van der Waals surface area contributed by atoms with Crippen LogP contribution in [0.1, 0.15) is 49.8 Å². The van der Waals surface area contributed by atoms with Crippen LogP contribution in [0.3, 0.4) is 0 Å². The zero-order chi connectivity index (χ0) is 16.8. The highest BCUT2D eigenvalue weighted by molar-refractivity contribution is 5.48. The Balaban J connectivity index is 1.98. The number of ether oxygens (including phenoxy) is 1. The van der Waals surface area contributed by atoms with E-state index in [0.717, 1.165) is 24.4 Å². The fourth-order valence-electron chi connectivity index (χ4n) is 2.81. The van der Waals surface area contributed by atoms with Crippen molar-refractivity contribution in [2.75, 3.05) is 11.9 Å². The monoisotopic (exact) mass is 311 g/mol. The summed E-state index contributed by atoms with van der Waals surface area (Å²) in [5.74, 6) is 1.53. The smallest absolute Gasteiger partial charge is 0.123 e. The molecule has 124 valence electrons. The lowest BCUT2D eigenvalue weighted by molar-refractivity contribution is 0.231. The van der Waals surface area contributed by atoms with Gasteiger partial charge in [0, 0.05) is 5.69 Å². The van der Waals surface area contributed by atoms with E-state index in [0.29, 0.717) is 5.92 Å². The number of rotatable bonds is 7. The minimum absolute atomic E-state index is 0.112. The van der Waals surface area contributed by atoms with Crippen LogP contribution in [-0.2, 0) is 0 Å². The molecular formula is C21H29NO. The normalized spacial score (nSPS) is 13.4. The van der Waals surface area contributed by atoms with E-state index in [-0.39, 0.29) is 6.10 Å². The van der Waals surface area contributed by atoms with Crippen LogP contribution in [0, 0.1) is 13.8 Å². The molecule has 2 aromatic carbocycles. The van der Waals surface area contributed by atoms with E-state index in [1.54, 1.807) is 0 Å². The SMILES string of the molecule is CC[C@@H](C)c1ccccc1O[C@H](C)CNc1cc(C)cc(C)c1. The zero-order valence-electron chi connectivity index (χ0n) is 15.0. The van der Waals surface area contributed by atoms with E-state index >= 15 is 0 Å². The van der Waals surface area contributed by atoms with Crippen molar-refractivity contribution in [1.82, 2.24) is 0 Å². The molecule has 0 aliphatic carbocycles. The molecule has 0 aromatic heterocycles. The van der Waals surface area contributed by atoms with Gasteiger partial charge >= 0.3 is 0 Å². The van der Waals surface area contributed by atoms with Crippen molar-refractivity contribution >= 4 is 5.69 Å². The van der Waals surface area contributed by atoms with Crippen molar-refractivity contribution in [3.8, 4) is 5.75 Å². The van der Waals surface area contributed by atoms with Gasteiger partial charge in [0.2, 0.25) is 0 Å². The molecule has 2 heteroatoms. The van der Waals surface area contributed by atoms with Gasteiger partial charge in [-0.1, -0.05) is 38.1 Å². The molecule has 0 spiro atoms. The molecule has 0 aliphatic heterocycles. The zero-order valence-corrected chi connectivity index (χ0v) is 15.0. The quantitative estimate of drug-likeness (QED) is 0.708. The number of anilines is 1. The fourth-order valence-corrected chi connectivity index (χ4v) is 2.81. The van der Waals surface area contributed by atoms with Crippen molar-refractivity contribution in [2.24, 2.45) is 0 Å². The molecule has 2 rings (SSSR count). The highest BCUT2D eigenvalue weighted by Gasteiger charge is 2.12. The minimum atomic E-state index is 0.112. The van der Waals surface area contributed by atoms with Crippen LogP contribution in [-0.4, -0.2) is 12.6 Å². The summed E-state index contributed by atoms with van der Waals surface area (Å²) >= 11 is 0. The summed E-state index contributed by atoms with van der Waals surface area (Å²) in [6.45, 7) is 11.6. The fraction of sp³-hybridized carbons (Fsp3) is 0.429. The topological polar surface area (TPSA) is 21.3 Å². The maximum Gasteiger partial charge on any atom is 0.123 e. The second-order valence-electron chi connectivity index (χ2n) is 6.53. The lowest BCUT2D eigenvalue weighted by Crippen LogP contribution is -2.23. The third-order valence-electron chi connectivity index (χ3n) is 4.21. The third-order valence-corrected chi connectivity index (χ3v) is 4.21. The summed E-state index contributed by atoms with van der Waals surface area (Å²) in [6.07, 6.45) is 1.23. The molecule has 0 radical (unpaired) electrons. The van der Waals surface area contributed by atoms with Crippen LogP contribution in [0.15, 0.2) is 42.5 Å². The van der Waals surface area contributed by atoms with Gasteiger partial charge < -0.3 is 10.1 Å². The van der Waals surface area contributed by atoms with Crippen molar-refractivity contribution in [2.45, 2.75) is 53.1 Å². The van der Waals surface area contributed by atoms with Crippen molar-refractivity contribution < 1.29 is 4.74 Å². The Morgan fingerprint density at radius 3 is 2.30 bits per heavy atom. The molecule has 0 amide bonds. The maximum absolute atomic E-state index is 6.19. The van der Waals surface area contributed by atoms with E-state index in [4.69, 9.17) is 4.74 Å². The van der Waals surface area contributed by atoms with Crippen molar-refractivity contribution in [1.29, 1.82) is 0 Å². The van der Waals surface area contributed by atoms with Crippen molar-refractivity contribution in [3.63, 3.8) is 0 Å². The Bertz CT molecular complexity index is 615. The first-order valence-electron chi connectivity index (χ1n) is 8.57. The Labute approximate surface area is 140 Å². The van der Waals surface area contributed by atoms with Gasteiger partial charge in [0.1, 0.15) is 11.9 Å². The molecule has 0 bridgehead atoms. The first-order valence-corrected chi connectivity index (χ1v) is 8.57. The third kappa shape index (κ3) is 5.02. The first-order chi connectivity index (χ1) is 11.0. The van der Waals surface area contributed by atoms with Gasteiger partial charge in [0.15, 0.2) is 0 Å². The van der Waals surface area contributed by atoms with Crippen LogP contribution in [0.4, 0.5) is 5.69 Å². The molecule has 1 N–H and O–H groups in total. The predicted octanol–water partition coefficient (Wildman–Crippen LogP) is 5.70. The van der Waals surface area contributed by atoms with Crippen LogP contribution in [0.2, 0.25) is 0 Å². The van der Waals surface area contributed by atoms with Crippen LogP contribution in [0.5, 0.6) is 5.75 Å². The minimum Gasteiger partial charge on any atom is -0.489 e. The van der Waals surface area contributed by atoms with Gasteiger partial charge in [0.05, 0.1) is 6.54 Å². The average molecular weight is 311 g/mol. The van der Waals surface area contributed by atoms with Gasteiger partial charge in [0.25, 0.3) is 0 Å². The first kappa shape index (κ1) is 17.4. The molecule has 0 saturated carbocycles. The second-order valence-corrected chi connectivity index (χ2v) is 6.53. The summed E-state index contributed by atoms with van der Waals surface area (Å²) in [4.78, 5) is 0. The molecule has 2 aromatic rings. The average Bonchev–Trinajstić information content (AvgIpc) is 2.52. The lowest BCUT2D eigenvalue weighted by atomic mass is 9.98. The van der Waals surface area contributed by atoms with Gasteiger partial charge in [-0.2, -0.15) is 0 Å². The molecule has 2 nitrogen and oxygen atoms in total. The predicted molar refractivity (Wildman–Crippen MR) is 99.6 cm³/mol. The lowest BCUT2D eigenvalue weighted by Gasteiger charge is -2.21. The van der Waals surface area contributed by atoms with Crippen molar-refractivity contribution in [3.05, 3.63) is 59.2 Å². The maximum atomic E-state index is 6.19. The molecule has 0 unspecified atom stereocenters. The van der Waals surface area contributed by atoms with Gasteiger partial charge in [-0.3, -0.25) is 0 Å². The number of nitrogens with one attached hydrogen (secondary N) is 1. The number of hydrogen-bond donors (Lipinski definition) is 1. The Morgan fingerprint density at radius 1 is 1.00 bits per heavy atom. The summed E-state index contributed by atoms with van der Waals surface area (Å²) in [5, 5.41) is 3.48. The van der Waals surface area contributed by atoms with E-state index in [1.807, 2.05) is 6.07 Å². The summed E-state index contributed by atoms with van der Waals surface area (Å²) in [5.41, 5.74) is 5.02. The highest BCUT2D eigenvalue weighted by Crippen LogP contribution is 2.29. The van der Waals surface area contributed by atoms with Gasteiger partial charge in [-0.05, 0) is 68.0 Å². The molecule has 0 aliphatic rings. The van der Waals surface area contributed by atoms with E-state index in [1.165, 1.54) is 16.7 Å². The van der Waals surface area contributed by atoms with E-state index < -0.39 is 0 Å². The molecule has 23 heavy (non-hydrogen) atoms. The van der Waals surface area contributed by atoms with E-state index in [9.17, 15) is 0 Å². The standard InChI is InChI=1S/C21H29NO/c1-6-17(4)20-9-7-8-10-21(20)23-18(5)14-22-19-12-15(2)11-16(3)13-19/h7-13,17-18,22H,6,14H2,1-5H3/t17-,18-/m1/s1. The molecule has 0 saturated heterocycles. The van der Waals surface area contributed by atoms with Gasteiger partial charge in [-0.15, -0.1) is 0 Å². The second kappa shape index (κ2) is 8.05. The van der Waals surface area contributed by atoms with Gasteiger partial charge in [-0.25, -0.2) is 0 Å². The summed E-state index contributed by atoms with van der Waals surface area (Å²) in [6, 6.07) is 14.9. The van der Waals surface area contributed by atoms with Crippen LogP contribution < -0.4 is 10.1 Å². The molecule has 0 fully saturated rings. The Hall–Kier alpha value is -1.96. The Kier molecular flexibility index (Phi) is 6.09.